The maximum atomic E-state index is 12.9. The third kappa shape index (κ3) is 4.03. The largest absolute Gasteiger partial charge is 0.497 e. The van der Waals surface area contributed by atoms with Gasteiger partial charge in [-0.25, -0.2) is 9.69 Å². The van der Waals surface area contributed by atoms with Crippen LogP contribution in [-0.4, -0.2) is 45.4 Å². The number of urea groups is 1. The number of barbiturate groups is 1. The van der Waals surface area contributed by atoms with Gasteiger partial charge in [0.25, 0.3) is 5.91 Å². The molecule has 1 atom stereocenters. The smallest absolute Gasteiger partial charge is 0.335 e. The number of rotatable bonds is 6. The molecule has 1 N–H and O–H groups in total. The summed E-state index contributed by atoms with van der Waals surface area (Å²) >= 11 is 0. The first-order chi connectivity index (χ1) is 14.0. The Morgan fingerprint density at radius 1 is 0.931 bits per heavy atom. The Morgan fingerprint density at radius 3 is 2.21 bits per heavy atom. The Morgan fingerprint density at radius 2 is 1.59 bits per heavy atom. The minimum absolute atomic E-state index is 0.304. The van der Waals surface area contributed by atoms with E-state index in [9.17, 15) is 14.4 Å². The second kappa shape index (κ2) is 8.42. The van der Waals surface area contributed by atoms with Crippen LogP contribution in [0.3, 0.4) is 0 Å². The third-order valence-corrected chi connectivity index (χ3v) is 4.28. The highest BCUT2D eigenvalue weighted by Crippen LogP contribution is 2.31. The van der Waals surface area contributed by atoms with Crippen molar-refractivity contribution in [3.63, 3.8) is 0 Å². The predicted molar refractivity (Wildman–Crippen MR) is 105 cm³/mol. The molecule has 0 unspecified atom stereocenters. The summed E-state index contributed by atoms with van der Waals surface area (Å²) in [6, 6.07) is 10.4. The molecule has 0 spiro atoms. The van der Waals surface area contributed by atoms with E-state index in [1.807, 2.05) is 0 Å². The highest BCUT2D eigenvalue weighted by Gasteiger charge is 2.40. The predicted octanol–water partition coefficient (Wildman–Crippen LogP) is 2.31. The number of nitrogens with one attached hydrogen (secondary N) is 1. The second-order valence-electron chi connectivity index (χ2n) is 5.96. The van der Waals surface area contributed by atoms with Crippen molar-refractivity contribution >= 4 is 35.4 Å². The molecule has 4 amide bonds. The van der Waals surface area contributed by atoms with Gasteiger partial charge in [0.15, 0.2) is 5.92 Å². The number of hydrogen-bond acceptors (Lipinski definition) is 7. The van der Waals surface area contributed by atoms with Crippen molar-refractivity contribution in [2.75, 3.05) is 26.2 Å². The van der Waals surface area contributed by atoms with E-state index in [2.05, 4.69) is 10.3 Å². The zero-order chi connectivity index (χ0) is 21.0. The van der Waals surface area contributed by atoms with Crippen LogP contribution in [0.25, 0.3) is 0 Å². The van der Waals surface area contributed by atoms with Crippen molar-refractivity contribution in [3.05, 3.63) is 42.5 Å². The summed E-state index contributed by atoms with van der Waals surface area (Å²) in [6.07, 6.45) is 1.18. The molecule has 0 saturated carbocycles. The number of nitrogens with zero attached hydrogens (tertiary/aromatic N) is 2. The zero-order valence-corrected chi connectivity index (χ0v) is 16.0. The Labute approximate surface area is 166 Å². The van der Waals surface area contributed by atoms with Crippen molar-refractivity contribution in [3.8, 4) is 17.2 Å². The van der Waals surface area contributed by atoms with E-state index < -0.39 is 23.8 Å². The van der Waals surface area contributed by atoms with Crippen LogP contribution in [0.2, 0.25) is 0 Å². The molecule has 29 heavy (non-hydrogen) atoms. The molecule has 9 nitrogen and oxygen atoms in total. The molecule has 0 aliphatic carbocycles. The van der Waals surface area contributed by atoms with E-state index in [1.54, 1.807) is 42.5 Å². The number of methoxy groups -OCH3 is 3. The number of ether oxygens (including phenoxy) is 3. The van der Waals surface area contributed by atoms with Gasteiger partial charge in [-0.2, -0.15) is 0 Å². The van der Waals surface area contributed by atoms with E-state index in [-0.39, 0.29) is 0 Å². The molecule has 3 rings (SSSR count). The Balaban J connectivity index is 1.90. The summed E-state index contributed by atoms with van der Waals surface area (Å²) < 4.78 is 15.5. The van der Waals surface area contributed by atoms with Crippen LogP contribution in [0.15, 0.2) is 47.5 Å². The molecule has 1 aliphatic rings. The average Bonchev–Trinajstić information content (AvgIpc) is 2.73. The van der Waals surface area contributed by atoms with Gasteiger partial charge in [-0.05, 0) is 36.4 Å². The molecular formula is C20H19N3O6. The molecule has 1 aliphatic heterocycles. The molecule has 2 aromatic carbocycles. The molecule has 0 aromatic heterocycles. The fraction of sp³-hybridized carbons (Fsp3) is 0.200. The maximum absolute atomic E-state index is 12.9. The summed E-state index contributed by atoms with van der Waals surface area (Å²) in [5.74, 6) is -1.21. The van der Waals surface area contributed by atoms with E-state index >= 15 is 0 Å². The summed E-state index contributed by atoms with van der Waals surface area (Å²) in [5, 5.41) is 2.17. The fourth-order valence-corrected chi connectivity index (χ4v) is 2.75. The van der Waals surface area contributed by atoms with E-state index in [1.165, 1.54) is 27.5 Å². The summed E-state index contributed by atoms with van der Waals surface area (Å²) in [6.45, 7) is 0. The van der Waals surface area contributed by atoms with Gasteiger partial charge < -0.3 is 14.2 Å². The molecule has 2 aromatic rings. The van der Waals surface area contributed by atoms with Gasteiger partial charge in [-0.3, -0.25) is 19.9 Å². The van der Waals surface area contributed by atoms with Crippen molar-refractivity contribution < 1.29 is 28.6 Å². The lowest BCUT2D eigenvalue weighted by Gasteiger charge is -2.28. The van der Waals surface area contributed by atoms with Gasteiger partial charge in [0.05, 0.1) is 27.0 Å². The van der Waals surface area contributed by atoms with Crippen LogP contribution in [-0.2, 0) is 9.59 Å². The van der Waals surface area contributed by atoms with Crippen LogP contribution in [0.5, 0.6) is 17.2 Å². The summed E-state index contributed by atoms with van der Waals surface area (Å²) in [5.41, 5.74) is 0.679. The SMILES string of the molecule is COc1ccc(N2C(=O)NC(=O)[C@H](C=Nc3cc(OC)ccc3OC)C2=O)cc1. The van der Waals surface area contributed by atoms with Crippen LogP contribution in [0, 0.1) is 5.92 Å². The highest BCUT2D eigenvalue weighted by atomic mass is 16.5. The van der Waals surface area contributed by atoms with E-state index in [4.69, 9.17) is 14.2 Å². The second-order valence-corrected chi connectivity index (χ2v) is 5.96. The first-order valence-corrected chi connectivity index (χ1v) is 8.57. The third-order valence-electron chi connectivity index (χ3n) is 4.28. The van der Waals surface area contributed by atoms with Crippen LogP contribution in [0.1, 0.15) is 0 Å². The summed E-state index contributed by atoms with van der Waals surface area (Å²) in [4.78, 5) is 42.5. The number of carbonyl (C=O) groups excluding carboxylic acids is 3. The normalized spacial score (nSPS) is 16.7. The molecule has 1 saturated heterocycles. The number of anilines is 1. The average molecular weight is 397 g/mol. The molecule has 1 fully saturated rings. The van der Waals surface area contributed by atoms with Gasteiger partial charge in [0, 0.05) is 12.3 Å². The quantitative estimate of drug-likeness (QED) is 0.592. The lowest BCUT2D eigenvalue weighted by molar-refractivity contribution is -0.131. The van der Waals surface area contributed by atoms with Crippen LogP contribution >= 0.6 is 0 Å². The Bertz CT molecular complexity index is 971. The standard InChI is InChI=1S/C20H19N3O6/c1-27-13-6-4-12(5-7-13)23-19(25)15(18(24)22-20(23)26)11-21-16-10-14(28-2)8-9-17(16)29-3/h4-11,15H,1-3H3,(H,22,24,26)/t15-/m0/s1. The van der Waals surface area contributed by atoms with Gasteiger partial charge in [-0.15, -0.1) is 0 Å². The molecule has 1 heterocycles. The number of amides is 4. The zero-order valence-electron chi connectivity index (χ0n) is 16.0. The lowest BCUT2D eigenvalue weighted by Crippen LogP contribution is -2.58. The molecule has 0 radical (unpaired) electrons. The number of carbonyl (C=O) groups is 3. The number of imide groups is 2. The minimum atomic E-state index is -1.29. The maximum Gasteiger partial charge on any atom is 0.335 e. The topological polar surface area (TPSA) is 107 Å². The van der Waals surface area contributed by atoms with Crippen molar-refractivity contribution in [1.82, 2.24) is 5.32 Å². The minimum Gasteiger partial charge on any atom is -0.497 e. The van der Waals surface area contributed by atoms with Gasteiger partial charge in [0.1, 0.15) is 22.9 Å². The monoisotopic (exact) mass is 397 g/mol. The summed E-state index contributed by atoms with van der Waals surface area (Å²) in [7, 11) is 4.49. The van der Waals surface area contributed by atoms with Crippen molar-refractivity contribution in [2.24, 2.45) is 10.9 Å². The molecule has 150 valence electrons. The molecule has 0 bridgehead atoms. The Kier molecular flexibility index (Phi) is 5.77. The van der Waals surface area contributed by atoms with Gasteiger partial charge in [-0.1, -0.05) is 0 Å². The van der Waals surface area contributed by atoms with Gasteiger partial charge >= 0.3 is 6.03 Å². The van der Waals surface area contributed by atoms with Crippen molar-refractivity contribution in [1.29, 1.82) is 0 Å². The first-order valence-electron chi connectivity index (χ1n) is 8.57. The highest BCUT2D eigenvalue weighted by molar-refractivity contribution is 6.32. The van der Waals surface area contributed by atoms with E-state index in [0.717, 1.165) is 4.90 Å². The molecular weight excluding hydrogens is 378 g/mol. The lowest BCUT2D eigenvalue weighted by atomic mass is 10.1. The number of aliphatic imine (C=N–C) groups is 1. The fourth-order valence-electron chi connectivity index (χ4n) is 2.75. The van der Waals surface area contributed by atoms with Crippen molar-refractivity contribution in [2.45, 2.75) is 0 Å². The number of hydrogen-bond donors (Lipinski definition) is 1. The molecule has 9 heteroatoms. The van der Waals surface area contributed by atoms with Gasteiger partial charge in [0.2, 0.25) is 5.91 Å². The van der Waals surface area contributed by atoms with Crippen LogP contribution < -0.4 is 24.4 Å². The van der Waals surface area contributed by atoms with Crippen LogP contribution in [0.4, 0.5) is 16.2 Å². The Hall–Kier alpha value is -3.88. The first kappa shape index (κ1) is 19.9. The number of benzene rings is 2. The van der Waals surface area contributed by atoms with E-state index in [0.29, 0.717) is 28.6 Å².